The van der Waals surface area contributed by atoms with E-state index in [2.05, 4.69) is 158 Å². The van der Waals surface area contributed by atoms with Gasteiger partial charge >= 0.3 is 0 Å². The predicted molar refractivity (Wildman–Crippen MR) is 183 cm³/mol. The summed E-state index contributed by atoms with van der Waals surface area (Å²) in [6.45, 7) is 0. The Morgan fingerprint density at radius 2 is 0.884 bits per heavy atom. The van der Waals surface area contributed by atoms with E-state index >= 15 is 0 Å². The molecule has 0 aliphatic rings. The van der Waals surface area contributed by atoms with E-state index in [0.29, 0.717) is 0 Å². The molecule has 0 spiro atoms. The van der Waals surface area contributed by atoms with Gasteiger partial charge in [0.05, 0.1) is 0 Å². The zero-order chi connectivity index (χ0) is 28.3. The van der Waals surface area contributed by atoms with Crippen molar-refractivity contribution in [2.45, 2.75) is 0 Å². The van der Waals surface area contributed by atoms with Crippen molar-refractivity contribution in [3.8, 4) is 33.4 Å². The lowest BCUT2D eigenvalue weighted by atomic mass is 9.84. The molecule has 9 aromatic rings. The van der Waals surface area contributed by atoms with Gasteiger partial charge in [-0.2, -0.15) is 0 Å². The van der Waals surface area contributed by atoms with Crippen LogP contribution in [0.15, 0.2) is 162 Å². The van der Waals surface area contributed by atoms with Crippen LogP contribution in [0.1, 0.15) is 0 Å². The predicted octanol–water partition coefficient (Wildman–Crippen LogP) is 12.0. The Morgan fingerprint density at radius 1 is 0.326 bits per heavy atom. The van der Waals surface area contributed by atoms with Gasteiger partial charge in [0.15, 0.2) is 0 Å². The van der Waals surface area contributed by atoms with Crippen LogP contribution in [-0.2, 0) is 0 Å². The molecular weight excluding hydrogens is 520 g/mol. The molecule has 9 rings (SSSR count). The van der Waals surface area contributed by atoms with Crippen LogP contribution in [0.3, 0.4) is 0 Å². The van der Waals surface area contributed by atoms with Crippen molar-refractivity contribution in [2.75, 3.05) is 0 Å². The molecule has 0 aliphatic carbocycles. The van der Waals surface area contributed by atoms with E-state index in [9.17, 15) is 0 Å². The monoisotopic (exact) mass is 546 g/mol. The molecule has 0 bridgehead atoms. The summed E-state index contributed by atoms with van der Waals surface area (Å²) in [5, 5.41) is 9.81. The van der Waals surface area contributed by atoms with E-state index in [1.807, 2.05) is 0 Å². The van der Waals surface area contributed by atoms with Crippen molar-refractivity contribution in [2.24, 2.45) is 0 Å². The quantitative estimate of drug-likeness (QED) is 0.201. The summed E-state index contributed by atoms with van der Waals surface area (Å²) in [5.41, 5.74) is 9.14. The Bertz CT molecular complexity index is 2440. The van der Waals surface area contributed by atoms with Crippen molar-refractivity contribution in [3.05, 3.63) is 158 Å². The van der Waals surface area contributed by atoms with Crippen molar-refractivity contribution in [1.82, 2.24) is 0 Å². The van der Waals surface area contributed by atoms with E-state index in [0.717, 1.165) is 27.5 Å². The van der Waals surface area contributed by atoms with E-state index in [-0.39, 0.29) is 0 Å². The average molecular weight is 547 g/mol. The van der Waals surface area contributed by atoms with Gasteiger partial charge in [0, 0.05) is 10.8 Å². The fourth-order valence-electron chi connectivity index (χ4n) is 7.00. The van der Waals surface area contributed by atoms with Gasteiger partial charge in [0.2, 0.25) is 0 Å². The van der Waals surface area contributed by atoms with Gasteiger partial charge in [0.25, 0.3) is 0 Å². The van der Waals surface area contributed by atoms with E-state index in [4.69, 9.17) is 4.42 Å². The molecule has 0 aliphatic heterocycles. The molecule has 0 radical (unpaired) electrons. The van der Waals surface area contributed by atoms with Gasteiger partial charge in [-0.3, -0.25) is 0 Å². The SMILES string of the molecule is c1ccc(-c2ccc3c(c2)oc2cccc(-c4c5ccccc5c(-c5cccc6ccccc56)c5ccccc45)c23)cc1. The summed E-state index contributed by atoms with van der Waals surface area (Å²) in [7, 11) is 0. The van der Waals surface area contributed by atoms with Crippen LogP contribution in [0.5, 0.6) is 0 Å². The van der Waals surface area contributed by atoms with Gasteiger partial charge in [0.1, 0.15) is 11.2 Å². The number of fused-ring (bicyclic) bond motifs is 6. The molecule has 0 fully saturated rings. The third-order valence-electron chi connectivity index (χ3n) is 8.86. The Kier molecular flexibility index (Phi) is 5.27. The molecule has 0 atom stereocenters. The number of benzene rings is 8. The third-order valence-corrected chi connectivity index (χ3v) is 8.86. The zero-order valence-corrected chi connectivity index (χ0v) is 23.4. The second-order valence-corrected chi connectivity index (χ2v) is 11.2. The van der Waals surface area contributed by atoms with Gasteiger partial charge in [-0.15, -0.1) is 0 Å². The number of rotatable bonds is 3. The Balaban J connectivity index is 1.39. The second-order valence-electron chi connectivity index (χ2n) is 11.2. The molecule has 0 N–H and O–H groups in total. The zero-order valence-electron chi connectivity index (χ0n) is 23.4. The average Bonchev–Trinajstić information content (AvgIpc) is 3.46. The summed E-state index contributed by atoms with van der Waals surface area (Å²) in [6, 6.07) is 56.7. The standard InChI is InChI=1S/C42H26O/c1-2-12-27(13-3-1)29-24-25-36-39(26-29)43-38-23-11-22-37(42(36)38)41-34-19-8-6-17-32(34)40(33-18-7-9-20-35(33)41)31-21-10-15-28-14-4-5-16-30(28)31/h1-26H. The highest BCUT2D eigenvalue weighted by Gasteiger charge is 2.21. The molecule has 1 aromatic heterocycles. The summed E-state index contributed by atoms with van der Waals surface area (Å²) in [6.07, 6.45) is 0. The lowest BCUT2D eigenvalue weighted by molar-refractivity contribution is 0.669. The summed E-state index contributed by atoms with van der Waals surface area (Å²) in [4.78, 5) is 0. The smallest absolute Gasteiger partial charge is 0.136 e. The highest BCUT2D eigenvalue weighted by Crippen LogP contribution is 2.48. The van der Waals surface area contributed by atoms with Crippen molar-refractivity contribution >= 4 is 54.3 Å². The lowest BCUT2D eigenvalue weighted by Gasteiger charge is -2.19. The normalized spacial score (nSPS) is 11.7. The molecule has 1 heterocycles. The molecule has 0 amide bonds. The Morgan fingerprint density at radius 3 is 1.60 bits per heavy atom. The largest absolute Gasteiger partial charge is 0.456 e. The van der Waals surface area contributed by atoms with E-state index in [1.165, 1.54) is 60.1 Å². The fraction of sp³-hybridized carbons (Fsp3) is 0. The maximum Gasteiger partial charge on any atom is 0.136 e. The first kappa shape index (κ1) is 24.0. The minimum Gasteiger partial charge on any atom is -0.456 e. The van der Waals surface area contributed by atoms with Gasteiger partial charge in [-0.05, 0) is 83.9 Å². The fourth-order valence-corrected chi connectivity index (χ4v) is 7.00. The highest BCUT2D eigenvalue weighted by molar-refractivity contribution is 6.27. The molecule has 0 unspecified atom stereocenters. The van der Waals surface area contributed by atoms with E-state index in [1.54, 1.807) is 0 Å². The maximum absolute atomic E-state index is 6.54. The van der Waals surface area contributed by atoms with Crippen molar-refractivity contribution in [3.63, 3.8) is 0 Å². The maximum atomic E-state index is 6.54. The molecule has 0 saturated heterocycles. The highest BCUT2D eigenvalue weighted by atomic mass is 16.3. The minimum absolute atomic E-state index is 0.906. The molecular formula is C42H26O. The molecule has 8 aromatic carbocycles. The first-order chi connectivity index (χ1) is 21.3. The van der Waals surface area contributed by atoms with Crippen LogP contribution in [-0.4, -0.2) is 0 Å². The molecule has 1 heteroatoms. The topological polar surface area (TPSA) is 13.1 Å². The molecule has 43 heavy (non-hydrogen) atoms. The van der Waals surface area contributed by atoms with Crippen LogP contribution < -0.4 is 0 Å². The molecule has 200 valence electrons. The van der Waals surface area contributed by atoms with Gasteiger partial charge in [-0.25, -0.2) is 0 Å². The second kappa shape index (κ2) is 9.44. The third kappa shape index (κ3) is 3.65. The van der Waals surface area contributed by atoms with E-state index < -0.39 is 0 Å². The van der Waals surface area contributed by atoms with Gasteiger partial charge < -0.3 is 4.42 Å². The number of hydrogen-bond donors (Lipinski definition) is 0. The van der Waals surface area contributed by atoms with Crippen LogP contribution in [0.2, 0.25) is 0 Å². The summed E-state index contributed by atoms with van der Waals surface area (Å²) in [5.74, 6) is 0. The van der Waals surface area contributed by atoms with Gasteiger partial charge in [-0.1, -0.05) is 140 Å². The van der Waals surface area contributed by atoms with Crippen molar-refractivity contribution < 1.29 is 4.42 Å². The van der Waals surface area contributed by atoms with Crippen LogP contribution >= 0.6 is 0 Å². The van der Waals surface area contributed by atoms with Crippen molar-refractivity contribution in [1.29, 1.82) is 0 Å². The number of hydrogen-bond acceptors (Lipinski definition) is 1. The van der Waals surface area contributed by atoms with Crippen LogP contribution in [0, 0.1) is 0 Å². The first-order valence-corrected chi connectivity index (χ1v) is 14.8. The molecule has 0 saturated carbocycles. The summed E-state index contributed by atoms with van der Waals surface area (Å²) < 4.78 is 6.54. The lowest BCUT2D eigenvalue weighted by Crippen LogP contribution is -1.92. The van der Waals surface area contributed by atoms with Crippen LogP contribution in [0.4, 0.5) is 0 Å². The Labute approximate surface area is 249 Å². The summed E-state index contributed by atoms with van der Waals surface area (Å²) >= 11 is 0. The Hall–Kier alpha value is -5.66. The number of furan rings is 1. The first-order valence-electron chi connectivity index (χ1n) is 14.8. The molecule has 1 nitrogen and oxygen atoms in total. The van der Waals surface area contributed by atoms with Crippen LogP contribution in [0.25, 0.3) is 87.6 Å². The minimum atomic E-state index is 0.906.